The highest BCUT2D eigenvalue weighted by Gasteiger charge is 2.32. The fourth-order valence-electron chi connectivity index (χ4n) is 3.03. The van der Waals surface area contributed by atoms with Crippen molar-refractivity contribution < 1.29 is 28.9 Å². The number of benzene rings is 2. The predicted molar refractivity (Wildman–Crippen MR) is 94.6 cm³/mol. The largest absolute Gasteiger partial charge is 0.508 e. The normalized spacial score (nSPS) is 22.2. The van der Waals surface area contributed by atoms with Gasteiger partial charge in [0.05, 0.1) is 0 Å². The summed E-state index contributed by atoms with van der Waals surface area (Å²) in [4.78, 5) is 22.5. The number of carbonyl (C=O) groups is 2. The number of phenols is 1. The first-order valence-corrected chi connectivity index (χ1v) is 8.30. The second-order valence-electron chi connectivity index (χ2n) is 6.08. The molecule has 0 spiro atoms. The van der Waals surface area contributed by atoms with Crippen LogP contribution in [0.2, 0.25) is 0 Å². The van der Waals surface area contributed by atoms with Gasteiger partial charge >= 0.3 is 11.9 Å². The number of ether oxygens (including phenoxy) is 3. The molecule has 0 radical (unpaired) electrons. The maximum absolute atomic E-state index is 11.3. The standard InChI is InChI=1S/C20H20O6/c1-12(21)24-11-19-17(25-13(2)22)9-10-18(26-19)20-15-6-4-3-5-14(15)7-8-16(20)23/h3-10,17-19,23H,11H2,1-2H3/t17-,18+,19+/m0/s1. The van der Waals surface area contributed by atoms with Gasteiger partial charge in [0.15, 0.2) is 0 Å². The lowest BCUT2D eigenvalue weighted by Crippen LogP contribution is -2.39. The Kier molecular flexibility index (Phi) is 5.23. The van der Waals surface area contributed by atoms with Crippen molar-refractivity contribution in [3.8, 4) is 5.75 Å². The number of phenolic OH excluding ortho intramolecular Hbond substituents is 1. The third-order valence-electron chi connectivity index (χ3n) is 4.15. The van der Waals surface area contributed by atoms with E-state index in [1.54, 1.807) is 18.2 Å². The van der Waals surface area contributed by atoms with Crippen molar-refractivity contribution in [2.24, 2.45) is 0 Å². The molecule has 1 aliphatic heterocycles. The van der Waals surface area contributed by atoms with Gasteiger partial charge in [0, 0.05) is 19.4 Å². The number of aromatic hydroxyl groups is 1. The summed E-state index contributed by atoms with van der Waals surface area (Å²) in [6.45, 7) is 2.55. The van der Waals surface area contributed by atoms with Crippen LogP contribution in [-0.4, -0.2) is 35.9 Å². The Bertz CT molecular complexity index is 857. The molecule has 6 heteroatoms. The first-order valence-electron chi connectivity index (χ1n) is 8.30. The minimum absolute atomic E-state index is 0.0559. The summed E-state index contributed by atoms with van der Waals surface area (Å²) in [6, 6.07) is 11.1. The zero-order chi connectivity index (χ0) is 18.7. The number of hydrogen-bond acceptors (Lipinski definition) is 6. The molecule has 0 aliphatic carbocycles. The van der Waals surface area contributed by atoms with E-state index in [2.05, 4.69) is 0 Å². The van der Waals surface area contributed by atoms with E-state index < -0.39 is 30.3 Å². The van der Waals surface area contributed by atoms with E-state index in [4.69, 9.17) is 14.2 Å². The van der Waals surface area contributed by atoms with Crippen molar-refractivity contribution in [2.75, 3.05) is 6.61 Å². The average molecular weight is 356 g/mol. The van der Waals surface area contributed by atoms with Crippen LogP contribution in [0.25, 0.3) is 10.8 Å². The second kappa shape index (κ2) is 7.58. The van der Waals surface area contributed by atoms with Gasteiger partial charge in [-0.3, -0.25) is 9.59 Å². The van der Waals surface area contributed by atoms with Crippen molar-refractivity contribution in [3.05, 3.63) is 54.1 Å². The Morgan fingerprint density at radius 3 is 2.58 bits per heavy atom. The molecular formula is C20H20O6. The Morgan fingerprint density at radius 2 is 1.85 bits per heavy atom. The molecule has 3 rings (SSSR count). The van der Waals surface area contributed by atoms with Crippen LogP contribution in [0.15, 0.2) is 48.6 Å². The van der Waals surface area contributed by atoms with E-state index in [1.165, 1.54) is 13.8 Å². The fourth-order valence-corrected chi connectivity index (χ4v) is 3.03. The van der Waals surface area contributed by atoms with Gasteiger partial charge in [-0.05, 0) is 22.9 Å². The highest BCUT2D eigenvalue weighted by Crippen LogP contribution is 2.38. The van der Waals surface area contributed by atoms with E-state index in [-0.39, 0.29) is 12.4 Å². The quantitative estimate of drug-likeness (QED) is 0.670. The monoisotopic (exact) mass is 356 g/mol. The SMILES string of the molecule is CC(=O)OC[C@H]1O[C@@H](c2c(O)ccc3ccccc23)C=C[C@@H]1OC(C)=O. The molecule has 0 unspecified atom stereocenters. The van der Waals surface area contributed by atoms with Crippen LogP contribution in [0.5, 0.6) is 5.75 Å². The van der Waals surface area contributed by atoms with Crippen LogP contribution in [0, 0.1) is 0 Å². The molecule has 3 atom stereocenters. The van der Waals surface area contributed by atoms with Crippen molar-refractivity contribution in [1.82, 2.24) is 0 Å². The fraction of sp³-hybridized carbons (Fsp3) is 0.300. The molecule has 2 aromatic carbocycles. The van der Waals surface area contributed by atoms with Crippen LogP contribution < -0.4 is 0 Å². The molecule has 136 valence electrons. The zero-order valence-electron chi connectivity index (χ0n) is 14.5. The Morgan fingerprint density at radius 1 is 1.08 bits per heavy atom. The van der Waals surface area contributed by atoms with Crippen molar-refractivity contribution >= 4 is 22.7 Å². The van der Waals surface area contributed by atoms with Crippen molar-refractivity contribution in [1.29, 1.82) is 0 Å². The highest BCUT2D eigenvalue weighted by molar-refractivity contribution is 5.88. The number of hydrogen-bond donors (Lipinski definition) is 1. The smallest absolute Gasteiger partial charge is 0.303 e. The van der Waals surface area contributed by atoms with Gasteiger partial charge < -0.3 is 19.3 Å². The third-order valence-corrected chi connectivity index (χ3v) is 4.15. The molecule has 2 aromatic rings. The average Bonchev–Trinajstić information content (AvgIpc) is 2.60. The lowest BCUT2D eigenvalue weighted by Gasteiger charge is -2.32. The predicted octanol–water partition coefficient (Wildman–Crippen LogP) is 3.04. The molecule has 1 heterocycles. The van der Waals surface area contributed by atoms with Gasteiger partial charge in [0.25, 0.3) is 0 Å². The van der Waals surface area contributed by atoms with E-state index in [0.717, 1.165) is 10.8 Å². The maximum Gasteiger partial charge on any atom is 0.303 e. The molecule has 0 aromatic heterocycles. The minimum Gasteiger partial charge on any atom is -0.508 e. The van der Waals surface area contributed by atoms with Crippen molar-refractivity contribution in [3.63, 3.8) is 0 Å². The lowest BCUT2D eigenvalue weighted by atomic mass is 9.96. The highest BCUT2D eigenvalue weighted by atomic mass is 16.6. The van der Waals surface area contributed by atoms with E-state index in [1.807, 2.05) is 30.3 Å². The molecule has 0 saturated carbocycles. The van der Waals surface area contributed by atoms with Crippen LogP contribution in [0.1, 0.15) is 25.5 Å². The molecule has 0 saturated heterocycles. The lowest BCUT2D eigenvalue weighted by molar-refractivity contribution is -0.163. The number of esters is 2. The molecule has 1 N–H and O–H groups in total. The summed E-state index contributed by atoms with van der Waals surface area (Å²) >= 11 is 0. The van der Waals surface area contributed by atoms with Gasteiger partial charge in [-0.1, -0.05) is 36.4 Å². The van der Waals surface area contributed by atoms with Crippen LogP contribution in [0.3, 0.4) is 0 Å². The first-order chi connectivity index (χ1) is 12.5. The topological polar surface area (TPSA) is 82.1 Å². The second-order valence-corrected chi connectivity index (χ2v) is 6.08. The van der Waals surface area contributed by atoms with E-state index in [0.29, 0.717) is 5.56 Å². The summed E-state index contributed by atoms with van der Waals surface area (Å²) in [7, 11) is 0. The van der Waals surface area contributed by atoms with Crippen molar-refractivity contribution in [2.45, 2.75) is 32.2 Å². The number of carbonyl (C=O) groups excluding carboxylic acids is 2. The minimum atomic E-state index is -0.670. The summed E-state index contributed by atoms with van der Waals surface area (Å²) in [5, 5.41) is 12.2. The molecule has 0 fully saturated rings. The first kappa shape index (κ1) is 17.9. The van der Waals surface area contributed by atoms with Crippen LogP contribution in [0.4, 0.5) is 0 Å². The molecule has 0 amide bonds. The van der Waals surface area contributed by atoms with E-state index in [9.17, 15) is 14.7 Å². The number of rotatable bonds is 4. The maximum atomic E-state index is 11.3. The Hall–Kier alpha value is -2.86. The van der Waals surface area contributed by atoms with Crippen LogP contribution in [-0.2, 0) is 23.8 Å². The molecular weight excluding hydrogens is 336 g/mol. The Labute approximate surface area is 151 Å². The summed E-state index contributed by atoms with van der Waals surface area (Å²) in [6.07, 6.45) is 1.54. The third kappa shape index (κ3) is 3.86. The van der Waals surface area contributed by atoms with E-state index >= 15 is 0 Å². The Balaban J connectivity index is 1.95. The molecule has 0 bridgehead atoms. The van der Waals surface area contributed by atoms with Crippen LogP contribution >= 0.6 is 0 Å². The van der Waals surface area contributed by atoms with Gasteiger partial charge in [0.1, 0.15) is 30.7 Å². The summed E-state index contributed by atoms with van der Waals surface area (Å²) in [5.41, 5.74) is 0.619. The summed E-state index contributed by atoms with van der Waals surface area (Å²) < 4.78 is 16.3. The summed E-state index contributed by atoms with van der Waals surface area (Å²) in [5.74, 6) is -0.799. The number of fused-ring (bicyclic) bond motifs is 1. The molecule has 26 heavy (non-hydrogen) atoms. The van der Waals surface area contributed by atoms with Gasteiger partial charge in [-0.15, -0.1) is 0 Å². The van der Waals surface area contributed by atoms with Gasteiger partial charge in [-0.25, -0.2) is 0 Å². The van der Waals surface area contributed by atoms with Gasteiger partial charge in [-0.2, -0.15) is 0 Å². The zero-order valence-corrected chi connectivity index (χ0v) is 14.5. The molecule has 1 aliphatic rings. The molecule has 6 nitrogen and oxygen atoms in total. The van der Waals surface area contributed by atoms with Gasteiger partial charge in [0.2, 0.25) is 0 Å².